The Morgan fingerprint density at radius 2 is 1.96 bits per heavy atom. The molecule has 0 N–H and O–H groups in total. The first-order chi connectivity index (χ1) is 10.8. The summed E-state index contributed by atoms with van der Waals surface area (Å²) in [6.45, 7) is 3.21. The molecule has 0 radical (unpaired) electrons. The van der Waals surface area contributed by atoms with Crippen molar-refractivity contribution in [3.8, 4) is 0 Å². The first-order valence-electron chi connectivity index (χ1n) is 6.78. The van der Waals surface area contributed by atoms with Gasteiger partial charge in [0.15, 0.2) is 0 Å². The fraction of sp³-hybridized carbons (Fsp3) is 0.357. The van der Waals surface area contributed by atoms with Gasteiger partial charge < -0.3 is 4.74 Å². The Labute approximate surface area is 134 Å². The maximum Gasteiger partial charge on any atom is 0.329 e. The maximum absolute atomic E-state index is 12.7. The summed E-state index contributed by atoms with van der Waals surface area (Å²) in [4.78, 5) is 21.6. The second kappa shape index (κ2) is 7.73. The monoisotopic (exact) mass is 342 g/mol. The van der Waals surface area contributed by atoms with Gasteiger partial charge in [0.1, 0.15) is 6.04 Å². The molecular formula is C14H18N2O6S. The molecular weight excluding hydrogens is 324 g/mol. The summed E-state index contributed by atoms with van der Waals surface area (Å²) in [6.07, 6.45) is 3.45. The van der Waals surface area contributed by atoms with Crippen LogP contribution in [0, 0.1) is 10.1 Å². The van der Waals surface area contributed by atoms with Crippen molar-refractivity contribution >= 4 is 21.7 Å². The lowest BCUT2D eigenvalue weighted by Gasteiger charge is -2.25. The van der Waals surface area contributed by atoms with E-state index >= 15 is 0 Å². The minimum Gasteiger partial charge on any atom is -0.467 e. The third kappa shape index (κ3) is 4.28. The highest BCUT2D eigenvalue weighted by atomic mass is 32.2. The van der Waals surface area contributed by atoms with Gasteiger partial charge in [0, 0.05) is 18.3 Å². The van der Waals surface area contributed by atoms with Crippen molar-refractivity contribution in [3.63, 3.8) is 0 Å². The number of esters is 1. The number of nitro groups is 1. The third-order valence-electron chi connectivity index (χ3n) is 3.03. The lowest BCUT2D eigenvalue weighted by Crippen LogP contribution is -2.40. The number of rotatable bonds is 7. The Hall–Kier alpha value is -2.42. The normalized spacial score (nSPS) is 12.8. The Kier molecular flexibility index (Phi) is 6.26. The standard InChI is InChI=1S/C14H18N2O6S/c1-4-5-10-15(11(2)14(17)22-3)23(20,21)13-8-6-12(7-9-13)16(18)19/h5-11H,4H2,1-3H3/t11-/m0/s1. The molecule has 9 heteroatoms. The van der Waals surface area contributed by atoms with Gasteiger partial charge in [-0.25, -0.2) is 13.2 Å². The van der Waals surface area contributed by atoms with Gasteiger partial charge in [-0.3, -0.25) is 14.4 Å². The topological polar surface area (TPSA) is 107 Å². The fourth-order valence-corrected chi connectivity index (χ4v) is 3.23. The zero-order valence-corrected chi connectivity index (χ0v) is 13.8. The predicted octanol–water partition coefficient (Wildman–Crippen LogP) is 2.07. The van der Waals surface area contributed by atoms with E-state index < -0.39 is 27.0 Å². The summed E-state index contributed by atoms with van der Waals surface area (Å²) in [5.41, 5.74) is -0.222. The Morgan fingerprint density at radius 1 is 1.39 bits per heavy atom. The SMILES string of the molecule is CCC=CN([C@@H](C)C(=O)OC)S(=O)(=O)c1ccc([N+](=O)[O-])cc1. The van der Waals surface area contributed by atoms with Gasteiger partial charge in [0.25, 0.3) is 15.7 Å². The average molecular weight is 342 g/mol. The predicted molar refractivity (Wildman–Crippen MR) is 83.0 cm³/mol. The zero-order chi connectivity index (χ0) is 17.6. The van der Waals surface area contributed by atoms with Crippen LogP contribution in [0.15, 0.2) is 41.4 Å². The van der Waals surface area contributed by atoms with Crippen molar-refractivity contribution in [2.45, 2.75) is 31.2 Å². The number of non-ortho nitro benzene ring substituents is 1. The molecule has 8 nitrogen and oxygen atoms in total. The third-order valence-corrected chi connectivity index (χ3v) is 4.90. The number of carbonyl (C=O) groups is 1. The molecule has 1 aromatic rings. The van der Waals surface area contributed by atoms with E-state index in [1.54, 1.807) is 6.08 Å². The molecule has 0 unspecified atom stereocenters. The highest BCUT2D eigenvalue weighted by molar-refractivity contribution is 7.89. The highest BCUT2D eigenvalue weighted by Gasteiger charge is 2.31. The van der Waals surface area contributed by atoms with Crippen molar-refractivity contribution in [1.29, 1.82) is 0 Å². The number of ether oxygens (including phenoxy) is 1. The number of carbonyl (C=O) groups excluding carboxylic acids is 1. The molecule has 0 aliphatic carbocycles. The van der Waals surface area contributed by atoms with Gasteiger partial charge in [-0.1, -0.05) is 13.0 Å². The molecule has 0 spiro atoms. The van der Waals surface area contributed by atoms with Crippen LogP contribution in [0.4, 0.5) is 5.69 Å². The van der Waals surface area contributed by atoms with E-state index in [0.29, 0.717) is 6.42 Å². The summed E-state index contributed by atoms with van der Waals surface area (Å²) in [6, 6.07) is 3.38. The van der Waals surface area contributed by atoms with Crippen LogP contribution in [-0.4, -0.2) is 36.8 Å². The number of sulfonamides is 1. The molecule has 23 heavy (non-hydrogen) atoms. The number of nitrogens with zero attached hydrogens (tertiary/aromatic N) is 2. The molecule has 0 aliphatic heterocycles. The summed E-state index contributed by atoms with van der Waals surface area (Å²) in [7, 11) is -2.88. The van der Waals surface area contributed by atoms with Crippen molar-refractivity contribution in [2.75, 3.05) is 7.11 Å². The Morgan fingerprint density at radius 3 is 2.39 bits per heavy atom. The molecule has 0 fully saturated rings. The quantitative estimate of drug-likeness (QED) is 0.426. The molecule has 0 heterocycles. The van der Waals surface area contributed by atoms with Gasteiger partial charge >= 0.3 is 5.97 Å². The van der Waals surface area contributed by atoms with Gasteiger partial charge in [0.05, 0.1) is 16.9 Å². The number of benzene rings is 1. The summed E-state index contributed by atoms with van der Waals surface area (Å²) in [5, 5.41) is 10.6. The number of nitro benzene ring substituents is 1. The van der Waals surface area contributed by atoms with Crippen LogP contribution in [0.2, 0.25) is 0 Å². The van der Waals surface area contributed by atoms with E-state index in [4.69, 9.17) is 0 Å². The van der Waals surface area contributed by atoms with Crippen LogP contribution in [0.3, 0.4) is 0 Å². The second-order valence-electron chi connectivity index (χ2n) is 4.58. The van der Waals surface area contributed by atoms with E-state index in [1.807, 2.05) is 6.92 Å². The van der Waals surface area contributed by atoms with Crippen molar-refractivity contribution in [1.82, 2.24) is 4.31 Å². The van der Waals surface area contributed by atoms with Crippen molar-refractivity contribution in [2.24, 2.45) is 0 Å². The van der Waals surface area contributed by atoms with Crippen LogP contribution >= 0.6 is 0 Å². The van der Waals surface area contributed by atoms with Crippen LogP contribution in [0.5, 0.6) is 0 Å². The highest BCUT2D eigenvalue weighted by Crippen LogP contribution is 2.22. The largest absolute Gasteiger partial charge is 0.467 e. The maximum atomic E-state index is 12.7. The lowest BCUT2D eigenvalue weighted by molar-refractivity contribution is -0.384. The first-order valence-corrected chi connectivity index (χ1v) is 8.22. The van der Waals surface area contributed by atoms with Crippen LogP contribution in [0.1, 0.15) is 20.3 Å². The molecule has 0 bridgehead atoms. The van der Waals surface area contributed by atoms with Crippen LogP contribution in [-0.2, 0) is 19.6 Å². The molecule has 0 amide bonds. The zero-order valence-electron chi connectivity index (χ0n) is 13.0. The van der Waals surface area contributed by atoms with Gasteiger partial charge in [-0.2, -0.15) is 0 Å². The molecule has 0 aromatic heterocycles. The summed E-state index contributed by atoms with van der Waals surface area (Å²) < 4.78 is 30.8. The summed E-state index contributed by atoms with van der Waals surface area (Å²) in [5.74, 6) is -0.712. The van der Waals surface area contributed by atoms with E-state index in [-0.39, 0.29) is 10.6 Å². The number of hydrogen-bond acceptors (Lipinski definition) is 6. The Balaban J connectivity index is 3.29. The van der Waals surface area contributed by atoms with E-state index in [2.05, 4.69) is 4.74 Å². The first kappa shape index (κ1) is 18.6. The number of hydrogen-bond donors (Lipinski definition) is 0. The van der Waals surface area contributed by atoms with Gasteiger partial charge in [-0.15, -0.1) is 0 Å². The molecule has 1 aromatic carbocycles. The van der Waals surface area contributed by atoms with Gasteiger partial charge in [-0.05, 0) is 25.5 Å². The smallest absolute Gasteiger partial charge is 0.329 e. The lowest BCUT2D eigenvalue weighted by atomic mass is 10.3. The van der Waals surface area contributed by atoms with E-state index in [0.717, 1.165) is 28.6 Å². The molecule has 0 saturated carbocycles. The molecule has 0 saturated heterocycles. The van der Waals surface area contributed by atoms with Crippen LogP contribution < -0.4 is 0 Å². The fourth-order valence-electron chi connectivity index (χ4n) is 1.76. The van der Waals surface area contributed by atoms with Crippen molar-refractivity contribution in [3.05, 3.63) is 46.7 Å². The molecule has 0 aliphatic rings. The minimum atomic E-state index is -4.05. The second-order valence-corrected chi connectivity index (χ2v) is 6.42. The molecule has 1 atom stereocenters. The summed E-state index contributed by atoms with van der Waals surface area (Å²) >= 11 is 0. The van der Waals surface area contributed by atoms with E-state index in [9.17, 15) is 23.3 Å². The van der Waals surface area contributed by atoms with Crippen molar-refractivity contribution < 1.29 is 22.9 Å². The molecule has 1 rings (SSSR count). The number of allylic oxidation sites excluding steroid dienone is 1. The van der Waals surface area contributed by atoms with Gasteiger partial charge in [0.2, 0.25) is 0 Å². The Bertz CT molecular complexity index is 696. The van der Waals surface area contributed by atoms with Crippen LogP contribution in [0.25, 0.3) is 0 Å². The number of methoxy groups -OCH3 is 1. The minimum absolute atomic E-state index is 0.153. The average Bonchev–Trinajstić information content (AvgIpc) is 2.54. The van der Waals surface area contributed by atoms with E-state index in [1.165, 1.54) is 20.2 Å². The molecule has 126 valence electrons.